The highest BCUT2D eigenvalue weighted by Crippen LogP contribution is 2.27. The predicted molar refractivity (Wildman–Crippen MR) is 55.1 cm³/mol. The van der Waals surface area contributed by atoms with Gasteiger partial charge >= 0.3 is 8.60 Å². The highest BCUT2D eigenvalue weighted by atomic mass is 31.2. The summed E-state index contributed by atoms with van der Waals surface area (Å²) in [6.45, 7) is 9.23. The summed E-state index contributed by atoms with van der Waals surface area (Å²) in [5.41, 5.74) is 0. The summed E-state index contributed by atoms with van der Waals surface area (Å²) in [6, 6.07) is 0. The predicted octanol–water partition coefficient (Wildman–Crippen LogP) is 2.53. The Labute approximate surface area is 82.1 Å². The third-order valence-electron chi connectivity index (χ3n) is 2.73. The molecule has 13 heavy (non-hydrogen) atoms. The molecule has 4 heteroatoms. The lowest BCUT2D eigenvalue weighted by molar-refractivity contribution is 0.203. The Morgan fingerprint density at radius 2 is 1.69 bits per heavy atom. The molecule has 0 spiro atoms. The molecular formula is C9H21O3P. The number of hydrogen-bond donors (Lipinski definition) is 2. The third-order valence-corrected chi connectivity index (χ3v) is 3.14. The standard InChI is InChI=1S/C9H21O3P/c1-7(2)9(4)8(3)5-6-12-13(10)11/h7-11H,5-6H2,1-4H3. The summed E-state index contributed by atoms with van der Waals surface area (Å²) in [6.07, 6.45) is 0.888. The summed E-state index contributed by atoms with van der Waals surface area (Å²) in [7, 11) is -2.17. The van der Waals surface area contributed by atoms with Gasteiger partial charge in [0.25, 0.3) is 0 Å². The highest BCUT2D eigenvalue weighted by molar-refractivity contribution is 7.39. The topological polar surface area (TPSA) is 49.7 Å². The van der Waals surface area contributed by atoms with Crippen LogP contribution in [0.1, 0.15) is 34.1 Å². The van der Waals surface area contributed by atoms with Gasteiger partial charge in [0.15, 0.2) is 0 Å². The zero-order valence-electron chi connectivity index (χ0n) is 8.90. The van der Waals surface area contributed by atoms with Crippen molar-refractivity contribution in [2.24, 2.45) is 17.8 Å². The molecule has 0 rings (SSSR count). The first kappa shape index (κ1) is 13.3. The number of hydrogen-bond acceptors (Lipinski definition) is 3. The Morgan fingerprint density at radius 3 is 2.08 bits per heavy atom. The summed E-state index contributed by atoms with van der Waals surface area (Å²) in [4.78, 5) is 17.0. The summed E-state index contributed by atoms with van der Waals surface area (Å²) < 4.78 is 4.72. The van der Waals surface area contributed by atoms with Crippen LogP contribution >= 0.6 is 8.60 Å². The van der Waals surface area contributed by atoms with Crippen molar-refractivity contribution in [3.63, 3.8) is 0 Å². The van der Waals surface area contributed by atoms with Gasteiger partial charge in [-0.25, -0.2) is 0 Å². The maximum absolute atomic E-state index is 8.51. The van der Waals surface area contributed by atoms with E-state index in [0.717, 1.165) is 6.42 Å². The van der Waals surface area contributed by atoms with Crippen molar-refractivity contribution in [1.82, 2.24) is 0 Å². The molecule has 80 valence electrons. The first-order valence-corrected chi connectivity index (χ1v) is 5.92. The van der Waals surface area contributed by atoms with Gasteiger partial charge in [-0.3, -0.25) is 0 Å². The smallest absolute Gasteiger partial charge is 0.327 e. The Bertz CT molecular complexity index is 128. The Balaban J connectivity index is 3.55. The van der Waals surface area contributed by atoms with Crippen molar-refractivity contribution in [3.8, 4) is 0 Å². The Morgan fingerprint density at radius 1 is 1.15 bits per heavy atom. The summed E-state index contributed by atoms with van der Waals surface area (Å²) in [5, 5.41) is 0. The van der Waals surface area contributed by atoms with E-state index in [0.29, 0.717) is 24.4 Å². The van der Waals surface area contributed by atoms with Gasteiger partial charge in [0, 0.05) is 0 Å². The molecule has 0 heterocycles. The molecular weight excluding hydrogens is 187 g/mol. The van der Waals surface area contributed by atoms with Gasteiger partial charge < -0.3 is 14.3 Å². The Kier molecular flexibility index (Phi) is 6.88. The van der Waals surface area contributed by atoms with E-state index in [1.807, 2.05) is 0 Å². The van der Waals surface area contributed by atoms with E-state index < -0.39 is 8.60 Å². The van der Waals surface area contributed by atoms with Gasteiger partial charge in [0.1, 0.15) is 0 Å². The average Bonchev–Trinajstić information content (AvgIpc) is 2.02. The zero-order chi connectivity index (χ0) is 10.4. The van der Waals surface area contributed by atoms with E-state index >= 15 is 0 Å². The van der Waals surface area contributed by atoms with Crippen LogP contribution in [0.15, 0.2) is 0 Å². The highest BCUT2D eigenvalue weighted by Gasteiger charge is 2.15. The van der Waals surface area contributed by atoms with Crippen LogP contribution in [0.25, 0.3) is 0 Å². The van der Waals surface area contributed by atoms with Gasteiger partial charge in [0.2, 0.25) is 0 Å². The maximum atomic E-state index is 8.51. The number of rotatable bonds is 6. The molecule has 2 unspecified atom stereocenters. The quantitative estimate of drug-likeness (QED) is 0.659. The van der Waals surface area contributed by atoms with Gasteiger partial charge in [-0.05, 0) is 24.2 Å². The molecule has 2 atom stereocenters. The van der Waals surface area contributed by atoms with E-state index in [1.165, 1.54) is 0 Å². The lowest BCUT2D eigenvalue weighted by atomic mass is 9.84. The molecule has 0 aromatic rings. The van der Waals surface area contributed by atoms with Crippen LogP contribution in [0.5, 0.6) is 0 Å². The molecule has 0 fully saturated rings. The molecule has 0 saturated heterocycles. The lowest BCUT2D eigenvalue weighted by Crippen LogP contribution is -2.15. The van der Waals surface area contributed by atoms with Crippen molar-refractivity contribution < 1.29 is 14.3 Å². The second-order valence-electron chi connectivity index (χ2n) is 3.96. The van der Waals surface area contributed by atoms with Gasteiger partial charge in [-0.2, -0.15) is 0 Å². The average molecular weight is 208 g/mol. The first-order valence-electron chi connectivity index (χ1n) is 4.76. The fourth-order valence-corrected chi connectivity index (χ4v) is 1.51. The Hall–Kier alpha value is 0.310. The maximum Gasteiger partial charge on any atom is 0.327 e. The minimum atomic E-state index is -2.17. The molecule has 0 saturated carbocycles. The molecule has 2 N–H and O–H groups in total. The van der Waals surface area contributed by atoms with E-state index in [9.17, 15) is 0 Å². The molecule has 0 aliphatic heterocycles. The lowest BCUT2D eigenvalue weighted by Gasteiger charge is -2.23. The first-order chi connectivity index (χ1) is 5.95. The zero-order valence-corrected chi connectivity index (χ0v) is 9.79. The summed E-state index contributed by atoms with van der Waals surface area (Å²) >= 11 is 0. The fraction of sp³-hybridized carbons (Fsp3) is 1.00. The van der Waals surface area contributed by atoms with Crippen LogP contribution in [0, 0.1) is 17.8 Å². The van der Waals surface area contributed by atoms with Crippen molar-refractivity contribution in [1.29, 1.82) is 0 Å². The van der Waals surface area contributed by atoms with Gasteiger partial charge in [-0.1, -0.05) is 27.7 Å². The van der Waals surface area contributed by atoms with Crippen LogP contribution in [-0.4, -0.2) is 16.4 Å². The van der Waals surface area contributed by atoms with Crippen molar-refractivity contribution >= 4 is 8.60 Å². The van der Waals surface area contributed by atoms with Gasteiger partial charge in [0.05, 0.1) is 6.61 Å². The van der Waals surface area contributed by atoms with Crippen LogP contribution in [-0.2, 0) is 4.52 Å². The summed E-state index contributed by atoms with van der Waals surface area (Å²) in [5.74, 6) is 1.88. The minimum absolute atomic E-state index is 0.441. The molecule has 0 aromatic heterocycles. The largest absolute Gasteiger partial charge is 0.328 e. The molecule has 0 bridgehead atoms. The fourth-order valence-electron chi connectivity index (χ4n) is 1.24. The van der Waals surface area contributed by atoms with Crippen LogP contribution in [0.2, 0.25) is 0 Å². The third kappa shape index (κ3) is 6.39. The van der Waals surface area contributed by atoms with Crippen molar-refractivity contribution in [2.75, 3.05) is 6.61 Å². The van der Waals surface area contributed by atoms with E-state index in [1.54, 1.807) is 0 Å². The molecule has 0 radical (unpaired) electrons. The molecule has 0 aliphatic rings. The van der Waals surface area contributed by atoms with Crippen LogP contribution in [0.3, 0.4) is 0 Å². The van der Waals surface area contributed by atoms with Crippen LogP contribution in [0.4, 0.5) is 0 Å². The van der Waals surface area contributed by atoms with E-state index in [-0.39, 0.29) is 0 Å². The second-order valence-corrected chi connectivity index (χ2v) is 4.72. The minimum Gasteiger partial charge on any atom is -0.328 e. The van der Waals surface area contributed by atoms with E-state index in [2.05, 4.69) is 27.7 Å². The second kappa shape index (κ2) is 6.72. The van der Waals surface area contributed by atoms with E-state index in [4.69, 9.17) is 14.3 Å². The normalized spacial score (nSPS) is 16.6. The van der Waals surface area contributed by atoms with Crippen molar-refractivity contribution in [3.05, 3.63) is 0 Å². The monoisotopic (exact) mass is 208 g/mol. The SMILES string of the molecule is CC(C)C(C)C(C)CCOP(O)O. The molecule has 0 aromatic carbocycles. The molecule has 0 aliphatic carbocycles. The molecule has 3 nitrogen and oxygen atoms in total. The molecule has 0 amide bonds. The van der Waals surface area contributed by atoms with Crippen LogP contribution < -0.4 is 0 Å². The van der Waals surface area contributed by atoms with Crippen molar-refractivity contribution in [2.45, 2.75) is 34.1 Å². The van der Waals surface area contributed by atoms with Gasteiger partial charge in [-0.15, -0.1) is 0 Å².